The molecule has 0 aromatic heterocycles. The van der Waals surface area contributed by atoms with Crippen molar-refractivity contribution in [1.29, 1.82) is 0 Å². The number of ether oxygens (including phenoxy) is 1. The summed E-state index contributed by atoms with van der Waals surface area (Å²) >= 11 is 0. The Kier molecular flexibility index (Phi) is 14.0. The Bertz CT molecular complexity index is 611. The van der Waals surface area contributed by atoms with E-state index in [4.69, 9.17) is 4.74 Å². The van der Waals surface area contributed by atoms with Crippen molar-refractivity contribution >= 4 is 5.97 Å². The fraction of sp³-hybridized carbons (Fsp3) is 0.750. The van der Waals surface area contributed by atoms with Gasteiger partial charge in [0.15, 0.2) is 0 Å². The van der Waals surface area contributed by atoms with Crippen molar-refractivity contribution in [2.45, 2.75) is 58.2 Å². The number of fused-ring (bicyclic) bond motifs is 1. The van der Waals surface area contributed by atoms with Gasteiger partial charge in [0.1, 0.15) is 6.61 Å². The van der Waals surface area contributed by atoms with Crippen LogP contribution in [0.15, 0.2) is 23.8 Å². The van der Waals surface area contributed by atoms with Crippen LogP contribution >= 0.6 is 0 Å². The molecule has 0 spiro atoms. The molecule has 1 aliphatic heterocycles. The molecule has 0 amide bonds. The summed E-state index contributed by atoms with van der Waals surface area (Å²) in [5, 5.41) is 31.2. The van der Waals surface area contributed by atoms with Gasteiger partial charge in [-0.05, 0) is 55.4 Å². The first kappa shape index (κ1) is 31.2. The van der Waals surface area contributed by atoms with E-state index >= 15 is 0 Å². The normalized spacial score (nSPS) is 38.0. The second kappa shape index (κ2) is 12.6. The van der Waals surface area contributed by atoms with Gasteiger partial charge in [0.25, 0.3) is 0 Å². The molecule has 3 N–H and O–H groups in total. The summed E-state index contributed by atoms with van der Waals surface area (Å²) in [6.07, 6.45) is 3.89. The standard InChI is InChI=1S/C20H30O5.3Ac/c1-12-4-5-16-19(2,8-6-17(23)20(16,3)11-21)14(12)10-15(22)13-7-9-25-18(13)24;;;/h7,14-17,21-23H,1,4-6,8-11H2,2-3H3;;;/t14-,15?,16?,17?,19+,20-;;;/m0.../s1. The number of hydrogen-bond acceptors (Lipinski definition) is 5. The van der Waals surface area contributed by atoms with Gasteiger partial charge in [-0.2, -0.15) is 0 Å². The maximum atomic E-state index is 11.8. The van der Waals surface area contributed by atoms with Gasteiger partial charge in [-0.1, -0.05) is 26.0 Å². The second-order valence-corrected chi connectivity index (χ2v) is 8.54. The van der Waals surface area contributed by atoms with Gasteiger partial charge in [-0.3, -0.25) is 0 Å². The number of esters is 1. The predicted octanol–water partition coefficient (Wildman–Crippen LogP) is 1.96. The van der Waals surface area contributed by atoms with Crippen LogP contribution in [0.3, 0.4) is 0 Å². The van der Waals surface area contributed by atoms with Crippen LogP contribution < -0.4 is 0 Å². The minimum Gasteiger partial charge on any atom is -0.458 e. The van der Waals surface area contributed by atoms with Crippen LogP contribution in [0.5, 0.6) is 0 Å². The van der Waals surface area contributed by atoms with Gasteiger partial charge >= 0.3 is 5.97 Å². The number of carbonyl (C=O) groups is 1. The van der Waals surface area contributed by atoms with E-state index in [0.717, 1.165) is 24.8 Å². The van der Waals surface area contributed by atoms with E-state index < -0.39 is 23.6 Å². The molecule has 1 heterocycles. The number of carbonyl (C=O) groups excluding carboxylic acids is 1. The molecule has 28 heavy (non-hydrogen) atoms. The Morgan fingerprint density at radius 3 is 2.46 bits per heavy atom. The fourth-order valence-electron chi connectivity index (χ4n) is 5.63. The van der Waals surface area contributed by atoms with Crippen molar-refractivity contribution in [3.05, 3.63) is 23.8 Å². The molecule has 5 nitrogen and oxygen atoms in total. The molecule has 3 aliphatic rings. The minimum absolute atomic E-state index is 0. The average Bonchev–Trinajstić information content (AvgIpc) is 3.01. The first-order valence-electron chi connectivity index (χ1n) is 9.26. The molecule has 3 radical (unpaired) electrons. The molecule has 2 aliphatic carbocycles. The van der Waals surface area contributed by atoms with E-state index in [2.05, 4.69) is 13.5 Å². The summed E-state index contributed by atoms with van der Waals surface area (Å²) in [7, 11) is 0. The molecular formula is C20H30Ac3O5. The van der Waals surface area contributed by atoms with Crippen molar-refractivity contribution in [2.24, 2.45) is 22.7 Å². The van der Waals surface area contributed by atoms with Crippen LogP contribution in [-0.2, 0) is 9.53 Å². The van der Waals surface area contributed by atoms with Gasteiger partial charge in [-0.25, -0.2) is 4.79 Å². The molecule has 0 aromatic rings. The van der Waals surface area contributed by atoms with Crippen LogP contribution in [0.4, 0.5) is 0 Å². The van der Waals surface area contributed by atoms with Gasteiger partial charge in [0.05, 0.1) is 24.4 Å². The van der Waals surface area contributed by atoms with Crippen molar-refractivity contribution in [2.75, 3.05) is 13.2 Å². The largest absolute Gasteiger partial charge is 0.458 e. The zero-order valence-electron chi connectivity index (χ0n) is 16.9. The monoisotopic (exact) mass is 1030 g/mol. The van der Waals surface area contributed by atoms with E-state index in [1.165, 1.54) is 0 Å². The minimum atomic E-state index is -0.862. The Morgan fingerprint density at radius 1 is 1.29 bits per heavy atom. The average molecular weight is 1030 g/mol. The van der Waals surface area contributed by atoms with Crippen molar-refractivity contribution in [1.82, 2.24) is 0 Å². The quantitative estimate of drug-likeness (QED) is 0.297. The van der Waals surface area contributed by atoms with Crippen molar-refractivity contribution < 1.29 is 157 Å². The van der Waals surface area contributed by atoms with Crippen molar-refractivity contribution in [3.63, 3.8) is 0 Å². The van der Waals surface area contributed by atoms with Crippen molar-refractivity contribution in [3.8, 4) is 0 Å². The summed E-state index contributed by atoms with van der Waals surface area (Å²) in [5.41, 5.74) is 0.749. The Hall–Kier alpha value is 3.15. The first-order chi connectivity index (χ1) is 11.7. The molecule has 0 saturated heterocycles. The van der Waals surface area contributed by atoms with Crippen LogP contribution in [-0.4, -0.2) is 46.7 Å². The maximum absolute atomic E-state index is 11.8. The third kappa shape index (κ3) is 5.79. The summed E-state index contributed by atoms with van der Waals surface area (Å²) in [5.74, 6) is -0.232. The number of allylic oxidation sites excluding steroid dienone is 1. The third-order valence-corrected chi connectivity index (χ3v) is 7.26. The molecule has 6 atom stereocenters. The Balaban J connectivity index is 0.00000243. The summed E-state index contributed by atoms with van der Waals surface area (Å²) in [4.78, 5) is 11.8. The second-order valence-electron chi connectivity index (χ2n) is 8.54. The van der Waals surface area contributed by atoms with Gasteiger partial charge in [-0.15, -0.1) is 0 Å². The van der Waals surface area contributed by atoms with Crippen LogP contribution in [0, 0.1) is 155 Å². The van der Waals surface area contributed by atoms with Gasteiger partial charge in [0, 0.05) is 138 Å². The van der Waals surface area contributed by atoms with E-state index in [9.17, 15) is 20.1 Å². The number of cyclic esters (lactones) is 1. The summed E-state index contributed by atoms with van der Waals surface area (Å²) < 4.78 is 4.92. The number of aliphatic hydroxyl groups is 3. The number of hydrogen-bond donors (Lipinski definition) is 3. The van der Waals surface area contributed by atoms with E-state index in [1.807, 2.05) is 6.92 Å². The van der Waals surface area contributed by atoms with Crippen LogP contribution in [0.2, 0.25) is 0 Å². The molecule has 3 rings (SSSR count). The molecule has 3 unspecified atom stereocenters. The van der Waals surface area contributed by atoms with E-state index in [1.54, 1.807) is 6.08 Å². The molecule has 0 aromatic carbocycles. The maximum Gasteiger partial charge on any atom is 0.336 e. The topological polar surface area (TPSA) is 87.0 Å². The molecule has 2 fully saturated rings. The fourth-order valence-corrected chi connectivity index (χ4v) is 5.63. The van der Waals surface area contributed by atoms with Crippen LogP contribution in [0.1, 0.15) is 46.0 Å². The van der Waals surface area contributed by atoms with Gasteiger partial charge < -0.3 is 20.1 Å². The van der Waals surface area contributed by atoms with Gasteiger partial charge in [0.2, 0.25) is 0 Å². The summed E-state index contributed by atoms with van der Waals surface area (Å²) in [6.45, 7) is 8.60. The third-order valence-electron chi connectivity index (χ3n) is 7.26. The van der Waals surface area contributed by atoms with E-state index in [-0.39, 0.29) is 163 Å². The molecule has 8 heteroatoms. The molecule has 2 saturated carbocycles. The first-order valence-corrected chi connectivity index (χ1v) is 9.26. The number of rotatable bonds is 4. The molecule has 0 bridgehead atoms. The Morgan fingerprint density at radius 2 is 1.93 bits per heavy atom. The zero-order chi connectivity index (χ0) is 18.4. The van der Waals surface area contributed by atoms with Crippen LogP contribution in [0.25, 0.3) is 0 Å². The zero-order valence-corrected chi connectivity index (χ0v) is 31.2. The SMILES string of the molecule is C=C1CCC2[C@](C)(CO)C(O)CC[C@]2(C)[C@H]1CC(O)C1=CCOC1=O.[Ac].[Ac].[Ac]. The van der Waals surface area contributed by atoms with E-state index in [0.29, 0.717) is 18.4 Å². The number of aliphatic hydroxyl groups excluding tert-OH is 3. The Labute approximate surface area is 275 Å². The smallest absolute Gasteiger partial charge is 0.336 e. The molecular weight excluding hydrogens is 1000 g/mol. The summed E-state index contributed by atoms with van der Waals surface area (Å²) in [6, 6.07) is 0. The predicted molar refractivity (Wildman–Crippen MR) is 93.6 cm³/mol. The molecule has 149 valence electrons.